The lowest BCUT2D eigenvalue weighted by molar-refractivity contribution is 0.581. The number of pyridine rings is 1. The molecule has 5 rings (SSSR count). The first-order valence-electron chi connectivity index (χ1n) is 10.6. The summed E-state index contributed by atoms with van der Waals surface area (Å²) < 4.78 is 14.6. The zero-order valence-electron chi connectivity index (χ0n) is 17.0. The van der Waals surface area contributed by atoms with Crippen LogP contribution in [0.1, 0.15) is 12.0 Å². The molecule has 1 aromatic heterocycles. The number of fused-ring (bicyclic) bond motifs is 1. The Labute approximate surface area is 186 Å². The lowest BCUT2D eigenvalue weighted by Gasteiger charge is -2.17. The van der Waals surface area contributed by atoms with Gasteiger partial charge in [-0.05, 0) is 73.8 Å². The van der Waals surface area contributed by atoms with Crippen LogP contribution in [0, 0.1) is 11.7 Å². The van der Waals surface area contributed by atoms with Gasteiger partial charge in [-0.3, -0.25) is 0 Å². The maximum atomic E-state index is 14.6. The van der Waals surface area contributed by atoms with E-state index in [-0.39, 0.29) is 5.82 Å². The van der Waals surface area contributed by atoms with Gasteiger partial charge in [0.15, 0.2) is 0 Å². The summed E-state index contributed by atoms with van der Waals surface area (Å²) in [5.74, 6) is 0.270. The highest BCUT2D eigenvalue weighted by atomic mass is 35.5. The number of anilines is 2. The smallest absolute Gasteiger partial charge is 0.134 e. The molecule has 4 aromatic rings. The van der Waals surface area contributed by atoms with E-state index in [2.05, 4.69) is 28.8 Å². The second kappa shape index (κ2) is 8.66. The number of para-hydroxylation sites is 2. The third kappa shape index (κ3) is 4.27. The molecule has 2 N–H and O–H groups in total. The van der Waals surface area contributed by atoms with E-state index in [1.165, 1.54) is 18.1 Å². The minimum absolute atomic E-state index is 0.371. The molecule has 0 aliphatic carbocycles. The molecule has 0 saturated carbocycles. The number of hydrogen-bond donors (Lipinski definition) is 2. The van der Waals surface area contributed by atoms with Crippen LogP contribution in [0.25, 0.3) is 22.2 Å². The van der Waals surface area contributed by atoms with Gasteiger partial charge < -0.3 is 10.6 Å². The van der Waals surface area contributed by atoms with Gasteiger partial charge in [0.25, 0.3) is 0 Å². The molecule has 5 heteroatoms. The summed E-state index contributed by atoms with van der Waals surface area (Å²) >= 11 is 5.95. The third-order valence-electron chi connectivity index (χ3n) is 5.88. The average Bonchev–Trinajstić information content (AvgIpc) is 3.28. The summed E-state index contributed by atoms with van der Waals surface area (Å²) in [7, 11) is 0. The summed E-state index contributed by atoms with van der Waals surface area (Å²) in [4.78, 5) is 4.71. The lowest BCUT2D eigenvalue weighted by Crippen LogP contribution is -2.11. The molecule has 1 aliphatic rings. The Morgan fingerprint density at radius 3 is 2.68 bits per heavy atom. The van der Waals surface area contributed by atoms with E-state index in [1.807, 2.05) is 36.4 Å². The van der Waals surface area contributed by atoms with Gasteiger partial charge in [-0.2, -0.15) is 0 Å². The molecule has 0 spiro atoms. The number of rotatable bonds is 5. The van der Waals surface area contributed by atoms with E-state index < -0.39 is 0 Å². The molecular formula is C26H23ClFN3. The first-order valence-corrected chi connectivity index (χ1v) is 11.0. The third-order valence-corrected chi connectivity index (χ3v) is 6.12. The van der Waals surface area contributed by atoms with Gasteiger partial charge in [-0.1, -0.05) is 48.0 Å². The van der Waals surface area contributed by atoms with E-state index in [0.29, 0.717) is 22.2 Å². The standard InChI is InChI=1S/C26H23ClFN3/c27-19-9-10-20(22(28)14-19)25-15-26(21-6-2-4-8-24(21)31-25)30-23-7-3-1-5-18(23)13-17-11-12-29-16-17/h1-10,14-15,17,29H,11-13,16H2,(H,30,31). The van der Waals surface area contributed by atoms with Gasteiger partial charge in [0.05, 0.1) is 16.9 Å². The van der Waals surface area contributed by atoms with Crippen molar-refractivity contribution in [3.05, 3.63) is 89.2 Å². The molecular weight excluding hydrogens is 409 g/mol. The maximum absolute atomic E-state index is 14.6. The highest BCUT2D eigenvalue weighted by Crippen LogP contribution is 2.33. The number of nitrogens with one attached hydrogen (secondary N) is 2. The SMILES string of the molecule is Fc1cc(Cl)ccc1-c1cc(Nc2ccccc2CC2CCNC2)c2ccccc2n1. The summed E-state index contributed by atoms with van der Waals surface area (Å²) in [6, 6.07) is 23.0. The average molecular weight is 432 g/mol. The van der Waals surface area contributed by atoms with E-state index in [0.717, 1.165) is 41.8 Å². The van der Waals surface area contributed by atoms with Gasteiger partial charge in [-0.25, -0.2) is 9.37 Å². The zero-order chi connectivity index (χ0) is 21.2. The molecule has 1 saturated heterocycles. The van der Waals surface area contributed by atoms with Crippen LogP contribution in [0.3, 0.4) is 0 Å². The molecule has 1 aliphatic heterocycles. The van der Waals surface area contributed by atoms with Crippen molar-refractivity contribution in [3.8, 4) is 11.3 Å². The molecule has 3 aromatic carbocycles. The number of hydrogen-bond acceptors (Lipinski definition) is 3. The molecule has 0 bridgehead atoms. The van der Waals surface area contributed by atoms with Crippen molar-refractivity contribution >= 4 is 33.9 Å². The fraction of sp³-hybridized carbons (Fsp3) is 0.192. The van der Waals surface area contributed by atoms with Crippen LogP contribution in [-0.4, -0.2) is 18.1 Å². The summed E-state index contributed by atoms with van der Waals surface area (Å²) in [6.07, 6.45) is 2.23. The monoisotopic (exact) mass is 431 g/mol. The fourth-order valence-electron chi connectivity index (χ4n) is 4.28. The highest BCUT2D eigenvalue weighted by Gasteiger charge is 2.17. The Morgan fingerprint density at radius 2 is 1.84 bits per heavy atom. The quantitative estimate of drug-likeness (QED) is 0.374. The van der Waals surface area contributed by atoms with Gasteiger partial charge in [-0.15, -0.1) is 0 Å². The van der Waals surface area contributed by atoms with Crippen molar-refractivity contribution in [1.82, 2.24) is 10.3 Å². The Morgan fingerprint density at radius 1 is 1.00 bits per heavy atom. The van der Waals surface area contributed by atoms with Crippen molar-refractivity contribution in [3.63, 3.8) is 0 Å². The Hall–Kier alpha value is -2.95. The van der Waals surface area contributed by atoms with Crippen molar-refractivity contribution in [1.29, 1.82) is 0 Å². The molecule has 1 unspecified atom stereocenters. The maximum Gasteiger partial charge on any atom is 0.134 e. The predicted octanol–water partition coefficient (Wildman–Crippen LogP) is 6.59. The molecule has 1 fully saturated rings. The van der Waals surface area contributed by atoms with Gasteiger partial charge >= 0.3 is 0 Å². The van der Waals surface area contributed by atoms with E-state index in [4.69, 9.17) is 16.6 Å². The molecule has 1 atom stereocenters. The summed E-state index contributed by atoms with van der Waals surface area (Å²) in [5.41, 5.74) is 5.10. The van der Waals surface area contributed by atoms with Crippen molar-refractivity contribution < 1.29 is 4.39 Å². The topological polar surface area (TPSA) is 37.0 Å². The highest BCUT2D eigenvalue weighted by molar-refractivity contribution is 6.30. The van der Waals surface area contributed by atoms with E-state index in [1.54, 1.807) is 12.1 Å². The fourth-order valence-corrected chi connectivity index (χ4v) is 4.44. The van der Waals surface area contributed by atoms with Crippen LogP contribution in [0.2, 0.25) is 5.02 Å². The van der Waals surface area contributed by atoms with Crippen molar-refractivity contribution in [2.45, 2.75) is 12.8 Å². The molecule has 0 radical (unpaired) electrons. The van der Waals surface area contributed by atoms with Crippen LogP contribution in [0.15, 0.2) is 72.8 Å². The van der Waals surface area contributed by atoms with Gasteiger partial charge in [0.2, 0.25) is 0 Å². The summed E-state index contributed by atoms with van der Waals surface area (Å²) in [5, 5.41) is 8.44. The number of nitrogens with zero attached hydrogens (tertiary/aromatic N) is 1. The normalized spacial score (nSPS) is 16.0. The minimum Gasteiger partial charge on any atom is -0.355 e. The van der Waals surface area contributed by atoms with Gasteiger partial charge in [0.1, 0.15) is 5.82 Å². The van der Waals surface area contributed by atoms with E-state index in [9.17, 15) is 4.39 Å². The van der Waals surface area contributed by atoms with Crippen molar-refractivity contribution in [2.24, 2.45) is 5.92 Å². The second-order valence-corrected chi connectivity index (χ2v) is 8.48. The molecule has 31 heavy (non-hydrogen) atoms. The number of halogens is 2. The molecule has 2 heterocycles. The lowest BCUT2D eigenvalue weighted by atomic mass is 9.97. The second-order valence-electron chi connectivity index (χ2n) is 8.04. The first-order chi connectivity index (χ1) is 15.2. The molecule has 0 amide bonds. The number of aromatic nitrogens is 1. The van der Waals surface area contributed by atoms with Crippen LogP contribution < -0.4 is 10.6 Å². The van der Waals surface area contributed by atoms with E-state index >= 15 is 0 Å². The largest absolute Gasteiger partial charge is 0.355 e. The first kappa shape index (κ1) is 20.0. The van der Waals surface area contributed by atoms with Crippen LogP contribution in [-0.2, 0) is 6.42 Å². The van der Waals surface area contributed by atoms with Crippen LogP contribution in [0.4, 0.5) is 15.8 Å². The van der Waals surface area contributed by atoms with Gasteiger partial charge in [0, 0.05) is 21.7 Å². The summed E-state index contributed by atoms with van der Waals surface area (Å²) in [6.45, 7) is 2.15. The van der Waals surface area contributed by atoms with Crippen LogP contribution in [0.5, 0.6) is 0 Å². The Bertz CT molecular complexity index is 1230. The van der Waals surface area contributed by atoms with Crippen LogP contribution >= 0.6 is 11.6 Å². The molecule has 3 nitrogen and oxygen atoms in total. The van der Waals surface area contributed by atoms with Crippen molar-refractivity contribution in [2.75, 3.05) is 18.4 Å². The Kier molecular flexibility index (Phi) is 5.58. The minimum atomic E-state index is -0.379. The number of benzene rings is 3. The zero-order valence-corrected chi connectivity index (χ0v) is 17.8. The Balaban J connectivity index is 1.57. The molecule has 156 valence electrons. The predicted molar refractivity (Wildman–Crippen MR) is 127 cm³/mol.